The van der Waals surface area contributed by atoms with E-state index in [1.165, 1.54) is 4.90 Å². The monoisotopic (exact) mass is 396 g/mol. The number of hydrogen-bond donors (Lipinski definition) is 2. The maximum atomic E-state index is 12.5. The van der Waals surface area contributed by atoms with Crippen molar-refractivity contribution in [1.82, 2.24) is 10.2 Å². The van der Waals surface area contributed by atoms with E-state index in [0.29, 0.717) is 30.4 Å². The Balaban J connectivity index is 1.81. The van der Waals surface area contributed by atoms with Gasteiger partial charge in [0, 0.05) is 23.5 Å². The van der Waals surface area contributed by atoms with Crippen LogP contribution in [0.3, 0.4) is 0 Å². The van der Waals surface area contributed by atoms with Crippen LogP contribution in [0.25, 0.3) is 0 Å². The lowest BCUT2D eigenvalue weighted by atomic mass is 10.1. The fourth-order valence-electron chi connectivity index (χ4n) is 3.17. The topological polar surface area (TPSA) is 63.1 Å². The Morgan fingerprint density at radius 1 is 1.26 bits per heavy atom. The van der Waals surface area contributed by atoms with Gasteiger partial charge in [0.1, 0.15) is 5.75 Å². The van der Waals surface area contributed by atoms with Crippen molar-refractivity contribution in [3.63, 3.8) is 0 Å². The summed E-state index contributed by atoms with van der Waals surface area (Å²) in [6.45, 7) is 11.3. The van der Waals surface area contributed by atoms with Gasteiger partial charge in [-0.2, -0.15) is 0 Å². The lowest BCUT2D eigenvalue weighted by molar-refractivity contribution is -0.889. The molecule has 1 aromatic rings. The van der Waals surface area contributed by atoms with Crippen molar-refractivity contribution in [2.45, 2.75) is 39.7 Å². The standard InChI is InChI=1S/C20H30ClN3O3/c1-15-12-16(21)6-7-17(15)27-14-19(26)24-9-5-8-23(10-11-24)13-18(25)22-20(2,3)4/h6-7,12H,5,8-11,13-14H2,1-4H3,(H,22,25)/p+1. The maximum absolute atomic E-state index is 12.5. The van der Waals surface area contributed by atoms with Crippen molar-refractivity contribution >= 4 is 23.4 Å². The molecule has 27 heavy (non-hydrogen) atoms. The first-order valence-electron chi connectivity index (χ1n) is 9.45. The van der Waals surface area contributed by atoms with Gasteiger partial charge in [0.15, 0.2) is 13.2 Å². The minimum absolute atomic E-state index is 0.0162. The van der Waals surface area contributed by atoms with E-state index in [9.17, 15) is 9.59 Å². The molecule has 6 nitrogen and oxygen atoms in total. The van der Waals surface area contributed by atoms with Crippen LogP contribution in [0.2, 0.25) is 5.02 Å². The predicted molar refractivity (Wildman–Crippen MR) is 106 cm³/mol. The first kappa shape index (κ1) is 21.5. The van der Waals surface area contributed by atoms with Gasteiger partial charge in [-0.25, -0.2) is 0 Å². The van der Waals surface area contributed by atoms with Crippen molar-refractivity contribution in [2.75, 3.05) is 39.3 Å². The van der Waals surface area contributed by atoms with E-state index in [4.69, 9.17) is 16.3 Å². The van der Waals surface area contributed by atoms with Gasteiger partial charge >= 0.3 is 0 Å². The third kappa shape index (κ3) is 7.39. The van der Waals surface area contributed by atoms with Gasteiger partial charge in [0.25, 0.3) is 11.8 Å². The highest BCUT2D eigenvalue weighted by Gasteiger charge is 2.24. The molecular formula is C20H31ClN3O3+. The second-order valence-electron chi connectivity index (χ2n) is 8.16. The molecule has 0 radical (unpaired) electrons. The smallest absolute Gasteiger partial charge is 0.275 e. The molecule has 1 fully saturated rings. The molecule has 1 unspecified atom stereocenters. The van der Waals surface area contributed by atoms with Crippen molar-refractivity contribution < 1.29 is 19.2 Å². The van der Waals surface area contributed by atoms with Crippen LogP contribution in [0.4, 0.5) is 0 Å². The van der Waals surface area contributed by atoms with E-state index in [1.807, 2.05) is 38.7 Å². The molecule has 0 aromatic heterocycles. The van der Waals surface area contributed by atoms with Gasteiger partial charge in [0.05, 0.1) is 19.6 Å². The number of carbonyl (C=O) groups excluding carboxylic acids is 2. The largest absolute Gasteiger partial charge is 0.483 e. The molecule has 0 saturated carbocycles. The molecule has 2 N–H and O–H groups in total. The zero-order valence-corrected chi connectivity index (χ0v) is 17.5. The maximum Gasteiger partial charge on any atom is 0.275 e. The molecular weight excluding hydrogens is 366 g/mol. The van der Waals surface area contributed by atoms with Crippen molar-refractivity contribution in [2.24, 2.45) is 0 Å². The lowest BCUT2D eigenvalue weighted by Gasteiger charge is -2.23. The van der Waals surface area contributed by atoms with Crippen LogP contribution < -0.4 is 15.0 Å². The number of ether oxygens (including phenoxy) is 1. The van der Waals surface area contributed by atoms with Crippen LogP contribution in [-0.2, 0) is 9.59 Å². The average Bonchev–Trinajstić information content (AvgIpc) is 2.77. The average molecular weight is 397 g/mol. The number of halogens is 1. The third-order valence-electron chi connectivity index (χ3n) is 4.46. The third-order valence-corrected chi connectivity index (χ3v) is 4.69. The number of aryl methyl sites for hydroxylation is 1. The van der Waals surface area contributed by atoms with Crippen molar-refractivity contribution in [3.05, 3.63) is 28.8 Å². The summed E-state index contributed by atoms with van der Waals surface area (Å²) in [4.78, 5) is 27.7. The first-order chi connectivity index (χ1) is 12.6. The molecule has 0 spiro atoms. The molecule has 7 heteroatoms. The van der Waals surface area contributed by atoms with Crippen LogP contribution >= 0.6 is 11.6 Å². The normalized spacial score (nSPS) is 18.0. The van der Waals surface area contributed by atoms with E-state index >= 15 is 0 Å². The van der Waals surface area contributed by atoms with Crippen LogP contribution in [0, 0.1) is 6.92 Å². The highest BCUT2D eigenvalue weighted by atomic mass is 35.5. The molecule has 1 aromatic carbocycles. The van der Waals surface area contributed by atoms with Gasteiger partial charge in [-0.1, -0.05) is 11.6 Å². The van der Waals surface area contributed by atoms with E-state index < -0.39 is 0 Å². The van der Waals surface area contributed by atoms with Gasteiger partial charge in [-0.05, 0) is 51.5 Å². The number of quaternary nitrogens is 1. The number of amides is 2. The van der Waals surface area contributed by atoms with E-state index in [2.05, 4.69) is 5.32 Å². The Bertz CT molecular complexity index is 673. The fraction of sp³-hybridized carbons (Fsp3) is 0.600. The number of hydrogen-bond acceptors (Lipinski definition) is 3. The number of carbonyl (C=O) groups is 2. The number of rotatable bonds is 5. The second-order valence-corrected chi connectivity index (χ2v) is 8.59. The minimum Gasteiger partial charge on any atom is -0.483 e. The zero-order valence-electron chi connectivity index (χ0n) is 16.7. The minimum atomic E-state index is -0.221. The highest BCUT2D eigenvalue weighted by molar-refractivity contribution is 6.30. The van der Waals surface area contributed by atoms with Gasteiger partial charge < -0.3 is 19.9 Å². The Kier molecular flexibility index (Phi) is 7.50. The van der Waals surface area contributed by atoms with E-state index in [-0.39, 0.29) is 24.0 Å². The fourth-order valence-corrected chi connectivity index (χ4v) is 3.40. The lowest BCUT2D eigenvalue weighted by Crippen LogP contribution is -3.13. The van der Waals surface area contributed by atoms with Crippen molar-refractivity contribution in [3.8, 4) is 5.75 Å². The second kappa shape index (κ2) is 9.42. The van der Waals surface area contributed by atoms with Gasteiger partial charge in [-0.15, -0.1) is 0 Å². The molecule has 1 aliphatic heterocycles. The molecule has 150 valence electrons. The number of nitrogens with zero attached hydrogens (tertiary/aromatic N) is 1. The van der Waals surface area contributed by atoms with Crippen LogP contribution in [0.15, 0.2) is 18.2 Å². The molecule has 1 aliphatic rings. The summed E-state index contributed by atoms with van der Waals surface area (Å²) >= 11 is 5.94. The van der Waals surface area contributed by atoms with E-state index in [0.717, 1.165) is 25.1 Å². The quantitative estimate of drug-likeness (QED) is 0.782. The predicted octanol–water partition coefficient (Wildman–Crippen LogP) is 1.06. The SMILES string of the molecule is Cc1cc(Cl)ccc1OCC(=O)N1CCC[NH+](CC(=O)NC(C)(C)C)CC1. The van der Waals surface area contributed by atoms with Crippen molar-refractivity contribution in [1.29, 1.82) is 0 Å². The molecule has 0 aliphatic carbocycles. The highest BCUT2D eigenvalue weighted by Crippen LogP contribution is 2.21. The molecule has 1 atom stereocenters. The molecule has 2 amide bonds. The Morgan fingerprint density at radius 2 is 2.00 bits per heavy atom. The first-order valence-corrected chi connectivity index (χ1v) is 9.83. The Morgan fingerprint density at radius 3 is 2.67 bits per heavy atom. The molecule has 2 rings (SSSR count). The van der Waals surface area contributed by atoms with Gasteiger partial charge in [-0.3, -0.25) is 9.59 Å². The summed E-state index contributed by atoms with van der Waals surface area (Å²) in [6, 6.07) is 5.36. The number of benzene rings is 1. The summed E-state index contributed by atoms with van der Waals surface area (Å²) in [5, 5.41) is 3.65. The van der Waals surface area contributed by atoms with Crippen LogP contribution in [-0.4, -0.2) is 61.6 Å². The molecule has 1 saturated heterocycles. The number of nitrogens with one attached hydrogen (secondary N) is 2. The summed E-state index contributed by atoms with van der Waals surface area (Å²) in [5.74, 6) is 0.706. The zero-order chi connectivity index (χ0) is 20.0. The summed E-state index contributed by atoms with van der Waals surface area (Å²) in [6.07, 6.45) is 0.879. The summed E-state index contributed by atoms with van der Waals surface area (Å²) < 4.78 is 5.67. The summed E-state index contributed by atoms with van der Waals surface area (Å²) in [5.41, 5.74) is 0.688. The Hall–Kier alpha value is -1.79. The molecule has 0 bridgehead atoms. The summed E-state index contributed by atoms with van der Waals surface area (Å²) in [7, 11) is 0. The van der Waals surface area contributed by atoms with Crippen LogP contribution in [0.5, 0.6) is 5.75 Å². The van der Waals surface area contributed by atoms with Crippen LogP contribution in [0.1, 0.15) is 32.8 Å². The molecule has 1 heterocycles. The Labute approximate surface area is 166 Å². The van der Waals surface area contributed by atoms with Gasteiger partial charge in [0.2, 0.25) is 0 Å². The van der Waals surface area contributed by atoms with E-state index in [1.54, 1.807) is 12.1 Å².